The third kappa shape index (κ3) is 5.49. The summed E-state index contributed by atoms with van der Waals surface area (Å²) in [5.41, 5.74) is 2.45. The molecule has 1 N–H and O–H groups in total. The van der Waals surface area contributed by atoms with E-state index in [1.54, 1.807) is 11.0 Å². The highest BCUT2D eigenvalue weighted by Gasteiger charge is 2.26. The van der Waals surface area contributed by atoms with E-state index in [1.165, 1.54) is 11.8 Å². The Morgan fingerprint density at radius 1 is 1.00 bits per heavy atom. The lowest BCUT2D eigenvalue weighted by Crippen LogP contribution is -2.32. The smallest absolute Gasteiger partial charge is 0.277 e. The van der Waals surface area contributed by atoms with Crippen LogP contribution < -0.4 is 10.2 Å². The summed E-state index contributed by atoms with van der Waals surface area (Å²) in [6.45, 7) is 2.19. The van der Waals surface area contributed by atoms with Crippen molar-refractivity contribution in [2.24, 2.45) is 0 Å². The molecule has 1 unspecified atom stereocenters. The molecule has 1 amide bonds. The second-order valence-corrected chi connectivity index (χ2v) is 8.66. The molecule has 162 valence electrons. The number of benzene rings is 3. The van der Waals surface area contributed by atoms with Crippen LogP contribution in [-0.2, 0) is 11.3 Å². The van der Waals surface area contributed by atoms with Crippen LogP contribution in [0.1, 0.15) is 12.8 Å². The quantitative estimate of drug-likeness (QED) is 0.314. The van der Waals surface area contributed by atoms with Gasteiger partial charge in [-0.15, -0.1) is 10.2 Å². The minimum absolute atomic E-state index is 0.0794. The summed E-state index contributed by atoms with van der Waals surface area (Å²) in [6.07, 6.45) is 0. The third-order valence-electron chi connectivity index (χ3n) is 4.59. The van der Waals surface area contributed by atoms with Crippen LogP contribution in [0.15, 0.2) is 94.6 Å². The van der Waals surface area contributed by atoms with Crippen molar-refractivity contribution >= 4 is 46.3 Å². The highest BCUT2D eigenvalue weighted by atomic mass is 35.5. The lowest BCUT2D eigenvalue weighted by molar-refractivity contribution is -0.117. The number of amides is 1. The average molecular weight is 465 g/mol. The first-order valence-electron chi connectivity index (χ1n) is 10.0. The Hall–Kier alpha value is -3.29. The molecule has 0 saturated heterocycles. The fourth-order valence-electron chi connectivity index (χ4n) is 3.07. The van der Waals surface area contributed by atoms with Crippen molar-refractivity contribution in [1.82, 2.24) is 10.2 Å². The van der Waals surface area contributed by atoms with Gasteiger partial charge in [0.2, 0.25) is 11.8 Å². The van der Waals surface area contributed by atoms with Gasteiger partial charge in [0.15, 0.2) is 0 Å². The Balaban J connectivity index is 1.44. The highest BCUT2D eigenvalue weighted by Crippen LogP contribution is 2.30. The maximum atomic E-state index is 13.4. The van der Waals surface area contributed by atoms with E-state index in [4.69, 9.17) is 16.0 Å². The topological polar surface area (TPSA) is 71.3 Å². The fourth-order valence-corrected chi connectivity index (χ4v) is 4.01. The first-order valence-corrected chi connectivity index (χ1v) is 11.3. The minimum atomic E-state index is -0.440. The van der Waals surface area contributed by atoms with Gasteiger partial charge in [0.05, 0.1) is 11.8 Å². The van der Waals surface area contributed by atoms with Crippen LogP contribution in [0.3, 0.4) is 0 Å². The van der Waals surface area contributed by atoms with E-state index in [0.717, 1.165) is 17.1 Å². The van der Waals surface area contributed by atoms with Gasteiger partial charge in [-0.05, 0) is 49.4 Å². The molecule has 4 rings (SSSR count). The molecule has 32 heavy (non-hydrogen) atoms. The number of nitrogens with one attached hydrogen (secondary N) is 1. The Morgan fingerprint density at radius 2 is 1.66 bits per heavy atom. The van der Waals surface area contributed by atoms with Crippen LogP contribution in [0.25, 0.3) is 0 Å². The van der Waals surface area contributed by atoms with Gasteiger partial charge in [-0.25, -0.2) is 0 Å². The maximum Gasteiger partial charge on any atom is 0.277 e. The summed E-state index contributed by atoms with van der Waals surface area (Å²) in [5, 5.41) is 11.9. The molecule has 0 radical (unpaired) electrons. The first-order chi connectivity index (χ1) is 15.6. The summed E-state index contributed by atoms with van der Waals surface area (Å²) in [6, 6.07) is 26.5. The predicted octanol–water partition coefficient (Wildman–Crippen LogP) is 6.18. The summed E-state index contributed by atoms with van der Waals surface area (Å²) in [4.78, 5) is 15.1. The normalized spacial score (nSPS) is 11.7. The number of hydrogen-bond donors (Lipinski definition) is 1. The molecule has 0 bridgehead atoms. The Morgan fingerprint density at radius 3 is 2.28 bits per heavy atom. The number of rotatable bonds is 8. The summed E-state index contributed by atoms with van der Waals surface area (Å²) in [5.74, 6) is 0.347. The molecule has 1 heterocycles. The molecular formula is C24H21ClN4O2S. The SMILES string of the molecule is CC(Sc1nnc(CNc2cccc(Cl)c2)o1)C(=O)N(c1ccccc1)c1ccccc1. The fraction of sp³-hybridized carbons (Fsp3) is 0.125. The van der Waals surface area contributed by atoms with E-state index >= 15 is 0 Å². The zero-order valence-corrected chi connectivity index (χ0v) is 18.9. The van der Waals surface area contributed by atoms with Crippen LogP contribution in [0.5, 0.6) is 0 Å². The first kappa shape index (κ1) is 21.9. The number of nitrogens with zero attached hydrogens (tertiary/aromatic N) is 3. The van der Waals surface area contributed by atoms with Gasteiger partial charge >= 0.3 is 0 Å². The van der Waals surface area contributed by atoms with Gasteiger partial charge in [0.25, 0.3) is 5.22 Å². The van der Waals surface area contributed by atoms with E-state index in [2.05, 4.69) is 15.5 Å². The summed E-state index contributed by atoms with van der Waals surface area (Å²) >= 11 is 7.23. The lowest BCUT2D eigenvalue weighted by Gasteiger charge is -2.25. The largest absolute Gasteiger partial charge is 0.414 e. The number of aromatic nitrogens is 2. The molecular weight excluding hydrogens is 444 g/mol. The third-order valence-corrected chi connectivity index (χ3v) is 5.75. The summed E-state index contributed by atoms with van der Waals surface area (Å²) in [7, 11) is 0. The number of para-hydroxylation sites is 2. The van der Waals surface area contributed by atoms with Gasteiger partial charge < -0.3 is 9.73 Å². The van der Waals surface area contributed by atoms with Crippen LogP contribution in [0, 0.1) is 0 Å². The molecule has 0 spiro atoms. The molecule has 1 aromatic heterocycles. The number of anilines is 3. The van der Waals surface area contributed by atoms with Crippen LogP contribution >= 0.6 is 23.4 Å². The van der Waals surface area contributed by atoms with E-state index in [0.29, 0.717) is 22.7 Å². The van der Waals surface area contributed by atoms with Gasteiger partial charge in [-0.2, -0.15) is 0 Å². The Labute approximate surface area is 195 Å². The second-order valence-electron chi connectivity index (χ2n) is 6.93. The minimum Gasteiger partial charge on any atom is -0.414 e. The molecule has 4 aromatic rings. The average Bonchev–Trinajstić information content (AvgIpc) is 3.26. The molecule has 0 aliphatic rings. The lowest BCUT2D eigenvalue weighted by atomic mass is 10.2. The number of carbonyl (C=O) groups is 1. The Bertz CT molecular complexity index is 1130. The van der Waals surface area contributed by atoms with Crippen molar-refractivity contribution < 1.29 is 9.21 Å². The van der Waals surface area contributed by atoms with Crippen molar-refractivity contribution in [2.75, 3.05) is 10.2 Å². The van der Waals surface area contributed by atoms with E-state index < -0.39 is 5.25 Å². The van der Waals surface area contributed by atoms with E-state index in [-0.39, 0.29) is 5.91 Å². The van der Waals surface area contributed by atoms with Crippen molar-refractivity contribution in [2.45, 2.75) is 23.9 Å². The molecule has 0 fully saturated rings. The van der Waals surface area contributed by atoms with Crippen LogP contribution in [0.2, 0.25) is 5.02 Å². The Kier molecular flexibility index (Phi) is 7.09. The van der Waals surface area contributed by atoms with Gasteiger partial charge in [-0.3, -0.25) is 9.69 Å². The molecule has 0 aliphatic heterocycles. The zero-order chi connectivity index (χ0) is 22.3. The number of hydrogen-bond acceptors (Lipinski definition) is 6. The molecule has 0 aliphatic carbocycles. The van der Waals surface area contributed by atoms with E-state index in [1.807, 2.05) is 85.8 Å². The number of carbonyl (C=O) groups excluding carboxylic acids is 1. The second kappa shape index (κ2) is 10.3. The van der Waals surface area contributed by atoms with E-state index in [9.17, 15) is 4.79 Å². The maximum absolute atomic E-state index is 13.4. The van der Waals surface area contributed by atoms with Crippen molar-refractivity contribution in [3.63, 3.8) is 0 Å². The number of thioether (sulfide) groups is 1. The predicted molar refractivity (Wildman–Crippen MR) is 128 cm³/mol. The molecule has 6 nitrogen and oxygen atoms in total. The summed E-state index contributed by atoms with van der Waals surface area (Å²) < 4.78 is 5.72. The van der Waals surface area contributed by atoms with Gasteiger partial charge in [0.1, 0.15) is 0 Å². The monoisotopic (exact) mass is 464 g/mol. The highest BCUT2D eigenvalue weighted by molar-refractivity contribution is 8.00. The number of halogens is 1. The van der Waals surface area contributed by atoms with Gasteiger partial charge in [0, 0.05) is 22.1 Å². The standard InChI is InChI=1S/C24H21ClN4O2S/c1-17(23(30)29(20-11-4-2-5-12-20)21-13-6-3-7-14-21)32-24-28-27-22(31-24)16-26-19-10-8-9-18(25)15-19/h2-15,17,26H,16H2,1H3. The zero-order valence-electron chi connectivity index (χ0n) is 17.3. The van der Waals surface area contributed by atoms with Crippen molar-refractivity contribution in [3.05, 3.63) is 95.8 Å². The molecule has 0 saturated carbocycles. The van der Waals surface area contributed by atoms with Gasteiger partial charge in [-0.1, -0.05) is 65.8 Å². The van der Waals surface area contributed by atoms with Crippen molar-refractivity contribution in [3.8, 4) is 0 Å². The molecule has 8 heteroatoms. The molecule has 3 aromatic carbocycles. The van der Waals surface area contributed by atoms with Crippen LogP contribution in [0.4, 0.5) is 17.1 Å². The van der Waals surface area contributed by atoms with Crippen molar-refractivity contribution in [1.29, 1.82) is 0 Å². The molecule has 1 atom stereocenters. The van der Waals surface area contributed by atoms with Crippen LogP contribution in [-0.4, -0.2) is 21.4 Å².